The van der Waals surface area contributed by atoms with Crippen LogP contribution in [0.25, 0.3) is 0 Å². The lowest BCUT2D eigenvalue weighted by Gasteiger charge is -2.36. The summed E-state index contributed by atoms with van der Waals surface area (Å²) in [5, 5.41) is 12.7. The van der Waals surface area contributed by atoms with Gasteiger partial charge in [0.2, 0.25) is 0 Å². The Bertz CT molecular complexity index is 215. The van der Waals surface area contributed by atoms with E-state index in [4.69, 9.17) is 0 Å². The van der Waals surface area contributed by atoms with Crippen LogP contribution in [0.15, 0.2) is 0 Å². The molecular formula is C11H19NO2. The summed E-state index contributed by atoms with van der Waals surface area (Å²) in [6, 6.07) is 0. The molecule has 2 N–H and O–H groups in total. The number of nitrogens with one attached hydrogen (secondary N) is 1. The molecule has 80 valence electrons. The van der Waals surface area contributed by atoms with E-state index in [0.717, 1.165) is 51.6 Å². The maximum atomic E-state index is 11.4. The predicted octanol–water partition coefficient (Wildman–Crippen LogP) is 1.63. The second-order valence-electron chi connectivity index (χ2n) is 4.69. The molecule has 0 amide bonds. The molecule has 1 heterocycles. The topological polar surface area (TPSA) is 49.3 Å². The average molecular weight is 197 g/mol. The van der Waals surface area contributed by atoms with Crippen molar-refractivity contribution in [1.29, 1.82) is 0 Å². The first-order valence-electron chi connectivity index (χ1n) is 5.70. The van der Waals surface area contributed by atoms with Crippen molar-refractivity contribution >= 4 is 5.97 Å². The molecule has 2 aliphatic rings. The van der Waals surface area contributed by atoms with Crippen molar-refractivity contribution in [3.05, 3.63) is 0 Å². The van der Waals surface area contributed by atoms with Gasteiger partial charge in [-0.1, -0.05) is 12.8 Å². The SMILES string of the molecule is O=C(O)C1(C2CCNCC2)CCCC1. The Balaban J connectivity index is 2.12. The molecule has 1 saturated heterocycles. The highest BCUT2D eigenvalue weighted by atomic mass is 16.4. The third kappa shape index (κ3) is 1.54. The smallest absolute Gasteiger partial charge is 0.309 e. The van der Waals surface area contributed by atoms with Crippen LogP contribution in [0.4, 0.5) is 0 Å². The van der Waals surface area contributed by atoms with Crippen LogP contribution < -0.4 is 5.32 Å². The number of carbonyl (C=O) groups is 1. The van der Waals surface area contributed by atoms with Gasteiger partial charge in [-0.2, -0.15) is 0 Å². The van der Waals surface area contributed by atoms with Crippen molar-refractivity contribution in [2.75, 3.05) is 13.1 Å². The molecule has 0 spiro atoms. The van der Waals surface area contributed by atoms with Crippen molar-refractivity contribution in [3.63, 3.8) is 0 Å². The molecule has 1 saturated carbocycles. The molecule has 14 heavy (non-hydrogen) atoms. The Morgan fingerprint density at radius 2 is 1.79 bits per heavy atom. The van der Waals surface area contributed by atoms with Crippen LogP contribution in [0.1, 0.15) is 38.5 Å². The van der Waals surface area contributed by atoms with Crippen LogP contribution in [-0.2, 0) is 4.79 Å². The monoisotopic (exact) mass is 197 g/mol. The third-order valence-electron chi connectivity index (χ3n) is 4.04. The van der Waals surface area contributed by atoms with Crippen LogP contribution in [0.2, 0.25) is 0 Å². The summed E-state index contributed by atoms with van der Waals surface area (Å²) in [7, 11) is 0. The van der Waals surface area contributed by atoms with Gasteiger partial charge in [0.25, 0.3) is 0 Å². The lowest BCUT2D eigenvalue weighted by atomic mass is 9.70. The highest BCUT2D eigenvalue weighted by molar-refractivity contribution is 5.75. The maximum absolute atomic E-state index is 11.4. The molecule has 1 aliphatic heterocycles. The van der Waals surface area contributed by atoms with Crippen molar-refractivity contribution < 1.29 is 9.90 Å². The molecule has 0 aromatic carbocycles. The molecule has 1 aliphatic carbocycles. The zero-order valence-electron chi connectivity index (χ0n) is 8.59. The lowest BCUT2D eigenvalue weighted by Crippen LogP contribution is -2.42. The lowest BCUT2D eigenvalue weighted by molar-refractivity contribution is -0.153. The second kappa shape index (κ2) is 3.89. The summed E-state index contributed by atoms with van der Waals surface area (Å²) < 4.78 is 0. The normalized spacial score (nSPS) is 27.7. The van der Waals surface area contributed by atoms with Gasteiger partial charge in [-0.15, -0.1) is 0 Å². The van der Waals surface area contributed by atoms with Crippen LogP contribution in [-0.4, -0.2) is 24.2 Å². The van der Waals surface area contributed by atoms with E-state index in [1.54, 1.807) is 0 Å². The van der Waals surface area contributed by atoms with Gasteiger partial charge < -0.3 is 10.4 Å². The number of hydrogen-bond acceptors (Lipinski definition) is 2. The standard InChI is InChI=1S/C11H19NO2/c13-10(14)11(5-1-2-6-11)9-3-7-12-8-4-9/h9,12H,1-8H2,(H,13,14). The molecule has 0 aromatic rings. The van der Waals surface area contributed by atoms with E-state index in [1.807, 2.05) is 0 Å². The number of carboxylic acids is 1. The van der Waals surface area contributed by atoms with Crippen molar-refractivity contribution in [1.82, 2.24) is 5.32 Å². The average Bonchev–Trinajstić information content (AvgIpc) is 2.69. The van der Waals surface area contributed by atoms with Crippen molar-refractivity contribution in [3.8, 4) is 0 Å². The van der Waals surface area contributed by atoms with Crippen LogP contribution in [0.3, 0.4) is 0 Å². The van der Waals surface area contributed by atoms with Crippen molar-refractivity contribution in [2.45, 2.75) is 38.5 Å². The van der Waals surface area contributed by atoms with Crippen molar-refractivity contribution in [2.24, 2.45) is 11.3 Å². The number of piperidine rings is 1. The van der Waals surface area contributed by atoms with Crippen LogP contribution >= 0.6 is 0 Å². The largest absolute Gasteiger partial charge is 0.481 e. The molecule has 0 unspecified atom stereocenters. The van der Waals surface area contributed by atoms with E-state index in [1.165, 1.54) is 0 Å². The first kappa shape index (κ1) is 9.97. The summed E-state index contributed by atoms with van der Waals surface area (Å²) in [6.07, 6.45) is 6.13. The minimum absolute atomic E-state index is 0.359. The van der Waals surface area contributed by atoms with E-state index in [-0.39, 0.29) is 5.41 Å². The number of carboxylic acid groups (broad SMARTS) is 1. The van der Waals surface area contributed by atoms with Gasteiger partial charge >= 0.3 is 5.97 Å². The highest BCUT2D eigenvalue weighted by Gasteiger charge is 2.47. The molecule has 0 atom stereocenters. The first-order chi connectivity index (χ1) is 6.76. The predicted molar refractivity (Wildman–Crippen MR) is 54.1 cm³/mol. The molecule has 0 bridgehead atoms. The van der Waals surface area contributed by atoms with E-state index >= 15 is 0 Å². The Morgan fingerprint density at radius 1 is 1.21 bits per heavy atom. The van der Waals surface area contributed by atoms with E-state index in [9.17, 15) is 9.90 Å². The zero-order valence-corrected chi connectivity index (χ0v) is 8.59. The molecule has 2 rings (SSSR count). The minimum Gasteiger partial charge on any atom is -0.481 e. The number of aliphatic carboxylic acids is 1. The highest BCUT2D eigenvalue weighted by Crippen LogP contribution is 2.47. The minimum atomic E-state index is -0.540. The summed E-state index contributed by atoms with van der Waals surface area (Å²) in [5.74, 6) is -0.120. The summed E-state index contributed by atoms with van der Waals surface area (Å²) >= 11 is 0. The van der Waals surface area contributed by atoms with Gasteiger partial charge in [-0.3, -0.25) is 4.79 Å². The molecule has 3 nitrogen and oxygen atoms in total. The van der Waals surface area contributed by atoms with E-state index in [0.29, 0.717) is 5.92 Å². The Labute approximate surface area is 84.9 Å². The van der Waals surface area contributed by atoms with Gasteiger partial charge in [0.05, 0.1) is 5.41 Å². The number of hydrogen-bond donors (Lipinski definition) is 2. The summed E-state index contributed by atoms with van der Waals surface area (Å²) in [4.78, 5) is 11.4. The Morgan fingerprint density at radius 3 is 2.29 bits per heavy atom. The van der Waals surface area contributed by atoms with Gasteiger partial charge in [0, 0.05) is 0 Å². The third-order valence-corrected chi connectivity index (χ3v) is 4.04. The molecule has 3 heteroatoms. The maximum Gasteiger partial charge on any atom is 0.309 e. The van der Waals surface area contributed by atoms with Gasteiger partial charge in [-0.25, -0.2) is 0 Å². The fraction of sp³-hybridized carbons (Fsp3) is 0.909. The zero-order chi connectivity index (χ0) is 10.0. The van der Waals surface area contributed by atoms with Crippen LogP contribution in [0.5, 0.6) is 0 Å². The Hall–Kier alpha value is -0.570. The quantitative estimate of drug-likeness (QED) is 0.707. The first-order valence-corrected chi connectivity index (χ1v) is 5.70. The fourth-order valence-electron chi connectivity index (χ4n) is 3.18. The van der Waals surface area contributed by atoms with Gasteiger partial charge in [0.1, 0.15) is 0 Å². The van der Waals surface area contributed by atoms with E-state index < -0.39 is 5.97 Å². The summed E-state index contributed by atoms with van der Waals surface area (Å²) in [5.41, 5.74) is -0.359. The molecular weight excluding hydrogens is 178 g/mol. The Kier molecular flexibility index (Phi) is 2.77. The molecule has 2 fully saturated rings. The van der Waals surface area contributed by atoms with Gasteiger partial charge in [-0.05, 0) is 44.7 Å². The van der Waals surface area contributed by atoms with Crippen LogP contribution in [0, 0.1) is 11.3 Å². The van der Waals surface area contributed by atoms with E-state index in [2.05, 4.69) is 5.32 Å². The molecule has 0 radical (unpaired) electrons. The number of rotatable bonds is 2. The summed E-state index contributed by atoms with van der Waals surface area (Å²) in [6.45, 7) is 2.00. The van der Waals surface area contributed by atoms with Gasteiger partial charge in [0.15, 0.2) is 0 Å². The fourth-order valence-corrected chi connectivity index (χ4v) is 3.18. The molecule has 0 aromatic heterocycles. The second-order valence-corrected chi connectivity index (χ2v) is 4.69.